The fourth-order valence-electron chi connectivity index (χ4n) is 4.84. The third kappa shape index (κ3) is 2.64. The largest absolute Gasteiger partial charge is 0.333 e. The molecule has 0 spiro atoms. The van der Waals surface area contributed by atoms with E-state index in [-0.39, 0.29) is 36.0 Å². The number of hydrogen-bond acceptors (Lipinski definition) is 4. The molecule has 1 aromatic heterocycles. The van der Waals surface area contributed by atoms with Gasteiger partial charge in [-0.3, -0.25) is 19.0 Å². The summed E-state index contributed by atoms with van der Waals surface area (Å²) in [5.41, 5.74) is 0.692. The molecule has 5 rings (SSSR count). The second-order valence-corrected chi connectivity index (χ2v) is 7.77. The van der Waals surface area contributed by atoms with Crippen LogP contribution < -0.4 is 5.56 Å². The lowest BCUT2D eigenvalue weighted by Crippen LogP contribution is -2.47. The van der Waals surface area contributed by atoms with Crippen LogP contribution in [0.3, 0.4) is 0 Å². The lowest BCUT2D eigenvalue weighted by molar-refractivity contribution is -0.140. The summed E-state index contributed by atoms with van der Waals surface area (Å²) in [4.78, 5) is 46.2. The highest BCUT2D eigenvalue weighted by atomic mass is 16.2. The van der Waals surface area contributed by atoms with Gasteiger partial charge in [-0.05, 0) is 31.4 Å². The van der Waals surface area contributed by atoms with Crippen molar-refractivity contribution >= 4 is 22.7 Å². The van der Waals surface area contributed by atoms with Gasteiger partial charge in [0.2, 0.25) is 11.8 Å². The van der Waals surface area contributed by atoms with Crippen LogP contribution in [0.2, 0.25) is 0 Å². The molecule has 2 amide bonds. The van der Waals surface area contributed by atoms with E-state index in [1.54, 1.807) is 9.47 Å². The zero-order valence-corrected chi connectivity index (χ0v) is 15.1. The summed E-state index contributed by atoms with van der Waals surface area (Å²) in [6, 6.07) is 7.47. The van der Waals surface area contributed by atoms with E-state index in [1.165, 1.54) is 0 Å². The van der Waals surface area contributed by atoms with Gasteiger partial charge in [0.1, 0.15) is 5.82 Å². The van der Waals surface area contributed by atoms with Crippen LogP contribution in [0, 0.1) is 0 Å². The van der Waals surface area contributed by atoms with Gasteiger partial charge >= 0.3 is 0 Å². The quantitative estimate of drug-likeness (QED) is 0.793. The number of amides is 2. The van der Waals surface area contributed by atoms with Gasteiger partial charge in [0, 0.05) is 32.0 Å². The molecule has 0 saturated carbocycles. The predicted molar refractivity (Wildman–Crippen MR) is 99.2 cm³/mol. The number of aromatic nitrogens is 2. The number of fused-ring (bicyclic) bond motifs is 4. The molecule has 2 fully saturated rings. The van der Waals surface area contributed by atoms with E-state index in [4.69, 9.17) is 4.98 Å². The first-order valence-electron chi connectivity index (χ1n) is 9.69. The molecule has 2 aromatic rings. The summed E-state index contributed by atoms with van der Waals surface area (Å²) in [5, 5.41) is 0.625. The highest BCUT2D eigenvalue weighted by Gasteiger charge is 2.41. The summed E-state index contributed by atoms with van der Waals surface area (Å²) in [7, 11) is 0. The van der Waals surface area contributed by atoms with Crippen molar-refractivity contribution in [1.82, 2.24) is 19.4 Å². The maximum absolute atomic E-state index is 13.0. The van der Waals surface area contributed by atoms with Crippen molar-refractivity contribution in [2.45, 2.75) is 50.7 Å². The van der Waals surface area contributed by atoms with Gasteiger partial charge in [-0.25, -0.2) is 4.98 Å². The zero-order valence-electron chi connectivity index (χ0n) is 15.1. The van der Waals surface area contributed by atoms with Crippen molar-refractivity contribution in [2.75, 3.05) is 13.1 Å². The van der Waals surface area contributed by atoms with Crippen LogP contribution in [-0.4, -0.2) is 56.3 Å². The summed E-state index contributed by atoms with van der Waals surface area (Å²) < 4.78 is 1.76. The minimum atomic E-state index is -0.0229. The number of benzene rings is 1. The molecule has 27 heavy (non-hydrogen) atoms. The van der Waals surface area contributed by atoms with Gasteiger partial charge in [0.25, 0.3) is 5.56 Å². The predicted octanol–water partition coefficient (Wildman–Crippen LogP) is 0.935. The summed E-state index contributed by atoms with van der Waals surface area (Å²) >= 11 is 0. The molecule has 0 N–H and O–H groups in total. The van der Waals surface area contributed by atoms with Crippen molar-refractivity contribution in [3.05, 3.63) is 40.4 Å². The first-order valence-corrected chi connectivity index (χ1v) is 9.69. The summed E-state index contributed by atoms with van der Waals surface area (Å²) in [6.45, 7) is 1.31. The molecule has 3 aliphatic heterocycles. The maximum Gasteiger partial charge on any atom is 0.261 e. The van der Waals surface area contributed by atoms with Crippen molar-refractivity contribution < 1.29 is 9.59 Å². The lowest BCUT2D eigenvalue weighted by Gasteiger charge is -2.29. The Labute approximate surface area is 156 Å². The molecule has 1 aromatic carbocycles. The van der Waals surface area contributed by atoms with E-state index in [1.807, 2.05) is 29.2 Å². The lowest BCUT2D eigenvalue weighted by atomic mass is 10.1. The molecule has 7 heteroatoms. The van der Waals surface area contributed by atoms with E-state index in [2.05, 4.69) is 0 Å². The molecular weight excluding hydrogens is 344 g/mol. The summed E-state index contributed by atoms with van der Waals surface area (Å²) in [5.74, 6) is 0.835. The standard InChI is InChI=1S/C20H22N4O3/c25-18-6-3-9-22(18)12-19(26)24-13-7-8-14(24)11-23-17(10-13)21-16-5-2-1-4-15(16)20(23)27/h1-2,4-5,13-14H,3,6-12H2/t13-,14+/m0/s1. The molecular formula is C20H22N4O3. The highest BCUT2D eigenvalue weighted by Crippen LogP contribution is 2.31. The summed E-state index contributed by atoms with van der Waals surface area (Å²) in [6.07, 6.45) is 3.78. The minimum Gasteiger partial charge on any atom is -0.333 e. The number of nitrogens with zero attached hydrogens (tertiary/aromatic N) is 4. The first kappa shape index (κ1) is 16.5. The van der Waals surface area contributed by atoms with Gasteiger partial charge < -0.3 is 9.80 Å². The Morgan fingerprint density at radius 2 is 1.96 bits per heavy atom. The van der Waals surface area contributed by atoms with Gasteiger partial charge in [-0.15, -0.1) is 0 Å². The maximum atomic E-state index is 13.0. The Morgan fingerprint density at radius 3 is 2.78 bits per heavy atom. The van der Waals surface area contributed by atoms with Crippen LogP contribution in [0.25, 0.3) is 10.9 Å². The van der Waals surface area contributed by atoms with Crippen LogP contribution in [0.5, 0.6) is 0 Å². The Balaban J connectivity index is 1.47. The van der Waals surface area contributed by atoms with E-state index < -0.39 is 0 Å². The van der Waals surface area contributed by atoms with Crippen LogP contribution in [0.4, 0.5) is 0 Å². The molecule has 2 saturated heterocycles. The molecule has 140 valence electrons. The van der Waals surface area contributed by atoms with Gasteiger partial charge in [-0.1, -0.05) is 12.1 Å². The number of likely N-dealkylation sites (tertiary alicyclic amines) is 1. The highest BCUT2D eigenvalue weighted by molar-refractivity contribution is 5.86. The average Bonchev–Trinajstić information content (AvgIpc) is 3.18. The third-order valence-electron chi connectivity index (χ3n) is 6.16. The Bertz CT molecular complexity index is 998. The zero-order chi connectivity index (χ0) is 18.5. The average molecular weight is 366 g/mol. The molecule has 2 bridgehead atoms. The Morgan fingerprint density at radius 1 is 1.15 bits per heavy atom. The first-order chi connectivity index (χ1) is 13.1. The fraction of sp³-hybridized carbons (Fsp3) is 0.500. The number of rotatable bonds is 2. The van der Waals surface area contributed by atoms with E-state index >= 15 is 0 Å². The van der Waals surface area contributed by atoms with Crippen LogP contribution in [-0.2, 0) is 22.6 Å². The van der Waals surface area contributed by atoms with Crippen molar-refractivity contribution in [2.24, 2.45) is 0 Å². The second kappa shape index (κ2) is 6.18. The molecule has 2 atom stereocenters. The molecule has 3 aliphatic rings. The van der Waals surface area contributed by atoms with Gasteiger partial charge in [0.15, 0.2) is 0 Å². The fourth-order valence-corrected chi connectivity index (χ4v) is 4.84. The van der Waals surface area contributed by atoms with Crippen LogP contribution in [0.15, 0.2) is 29.1 Å². The van der Waals surface area contributed by atoms with E-state index in [0.29, 0.717) is 36.8 Å². The number of hydrogen-bond donors (Lipinski definition) is 0. The normalized spacial score (nSPS) is 24.4. The number of carbonyl (C=O) groups is 2. The van der Waals surface area contributed by atoms with Crippen molar-refractivity contribution in [1.29, 1.82) is 0 Å². The van der Waals surface area contributed by atoms with E-state index in [0.717, 1.165) is 25.1 Å². The van der Waals surface area contributed by atoms with Crippen molar-refractivity contribution in [3.63, 3.8) is 0 Å². The Kier molecular flexibility index (Phi) is 3.77. The van der Waals surface area contributed by atoms with Crippen LogP contribution in [0.1, 0.15) is 31.5 Å². The number of carbonyl (C=O) groups excluding carboxylic acids is 2. The van der Waals surface area contributed by atoms with Crippen molar-refractivity contribution in [3.8, 4) is 0 Å². The van der Waals surface area contributed by atoms with Crippen LogP contribution >= 0.6 is 0 Å². The van der Waals surface area contributed by atoms with Gasteiger partial charge in [0.05, 0.1) is 23.5 Å². The molecule has 0 aliphatic carbocycles. The van der Waals surface area contributed by atoms with Gasteiger partial charge in [-0.2, -0.15) is 0 Å². The monoisotopic (exact) mass is 366 g/mol. The minimum absolute atomic E-state index is 0.00196. The van der Waals surface area contributed by atoms with E-state index in [9.17, 15) is 14.4 Å². The Hall–Kier alpha value is -2.70. The molecule has 0 radical (unpaired) electrons. The smallest absolute Gasteiger partial charge is 0.261 e. The molecule has 0 unspecified atom stereocenters. The molecule has 7 nitrogen and oxygen atoms in total. The second-order valence-electron chi connectivity index (χ2n) is 7.77. The third-order valence-corrected chi connectivity index (χ3v) is 6.16. The topological polar surface area (TPSA) is 75.5 Å². The molecule has 4 heterocycles. The SMILES string of the molecule is O=C1CCCN1CC(=O)N1[C@@H]2CC[C@H]1Cc1nc3ccccc3c(=O)n1C2. The number of para-hydroxylation sites is 1.